The maximum atomic E-state index is 11.1. The number of methoxy groups -OCH3 is 1. The van der Waals surface area contributed by atoms with Crippen LogP contribution in [0, 0.1) is 6.92 Å². The molecule has 0 unspecified atom stereocenters. The molecule has 0 aromatic carbocycles. The number of hydrogen-bond donors (Lipinski definition) is 1. The number of alkyl carbamates (subject to hydrolysis) is 1. The Balaban J connectivity index is 2.12. The topological polar surface area (TPSA) is 69.0 Å². The van der Waals surface area contributed by atoms with Crippen molar-refractivity contribution in [1.29, 1.82) is 0 Å². The number of carbonyl (C=O) groups excluding carboxylic acids is 1. The molecule has 0 fully saturated rings. The van der Waals surface area contributed by atoms with Crippen molar-refractivity contribution in [1.82, 2.24) is 20.1 Å². The van der Waals surface area contributed by atoms with Gasteiger partial charge in [-0.05, 0) is 31.0 Å². The van der Waals surface area contributed by atoms with Crippen LogP contribution in [-0.4, -0.2) is 28.0 Å². The number of rotatable bonds is 3. The quantitative estimate of drug-likeness (QED) is 0.916. The molecular weight excluding hydrogens is 244 g/mol. The van der Waals surface area contributed by atoms with Gasteiger partial charge in [-0.1, -0.05) is 6.07 Å². The molecule has 0 spiro atoms. The predicted octanol–water partition coefficient (Wildman–Crippen LogP) is 1.99. The lowest BCUT2D eigenvalue weighted by molar-refractivity contribution is 0.167. The highest BCUT2D eigenvalue weighted by molar-refractivity contribution is 5.67. The van der Waals surface area contributed by atoms with Gasteiger partial charge in [0.2, 0.25) is 0 Å². The second-order valence-corrected chi connectivity index (χ2v) is 4.27. The minimum Gasteiger partial charge on any atom is -0.453 e. The van der Waals surface area contributed by atoms with Crippen molar-refractivity contribution < 1.29 is 9.53 Å². The van der Waals surface area contributed by atoms with Crippen LogP contribution < -0.4 is 5.32 Å². The maximum Gasteiger partial charge on any atom is 0.407 e. The molecule has 19 heavy (non-hydrogen) atoms. The van der Waals surface area contributed by atoms with E-state index < -0.39 is 6.09 Å². The first-order valence-electron chi connectivity index (χ1n) is 5.92. The van der Waals surface area contributed by atoms with E-state index in [2.05, 4.69) is 20.1 Å². The zero-order valence-electron chi connectivity index (χ0n) is 11.1. The Kier molecular flexibility index (Phi) is 3.79. The number of aryl methyl sites for hydroxylation is 1. The van der Waals surface area contributed by atoms with E-state index in [1.54, 1.807) is 17.1 Å². The Morgan fingerprint density at radius 1 is 1.42 bits per heavy atom. The molecule has 0 saturated heterocycles. The van der Waals surface area contributed by atoms with Gasteiger partial charge in [-0.2, -0.15) is 5.10 Å². The van der Waals surface area contributed by atoms with Crippen LogP contribution in [0.5, 0.6) is 0 Å². The maximum absolute atomic E-state index is 11.1. The molecule has 100 valence electrons. The number of carbonyl (C=O) groups is 1. The van der Waals surface area contributed by atoms with Crippen molar-refractivity contribution >= 4 is 6.09 Å². The Labute approximate surface area is 111 Å². The summed E-state index contributed by atoms with van der Waals surface area (Å²) in [5, 5.41) is 6.87. The molecule has 0 aliphatic rings. The van der Waals surface area contributed by atoms with Gasteiger partial charge in [0.1, 0.15) is 0 Å². The fraction of sp³-hybridized carbons (Fsp3) is 0.308. The second kappa shape index (κ2) is 5.51. The summed E-state index contributed by atoms with van der Waals surface area (Å²) in [5.74, 6) is 0.738. The molecule has 0 aliphatic carbocycles. The smallest absolute Gasteiger partial charge is 0.407 e. The fourth-order valence-electron chi connectivity index (χ4n) is 1.65. The molecule has 0 aliphatic heterocycles. The molecule has 0 bridgehead atoms. The summed E-state index contributed by atoms with van der Waals surface area (Å²) < 4.78 is 6.26. The van der Waals surface area contributed by atoms with Crippen molar-refractivity contribution in [2.45, 2.75) is 19.9 Å². The van der Waals surface area contributed by atoms with E-state index in [0.29, 0.717) is 0 Å². The van der Waals surface area contributed by atoms with Crippen LogP contribution in [0.3, 0.4) is 0 Å². The second-order valence-electron chi connectivity index (χ2n) is 4.27. The van der Waals surface area contributed by atoms with Crippen molar-refractivity contribution in [2.24, 2.45) is 0 Å². The SMILES string of the molecule is COC(=O)N[C@@H](C)c1ccc(-n2cc(C)cn2)nc1. The van der Waals surface area contributed by atoms with Crippen LogP contribution in [0.2, 0.25) is 0 Å². The fourth-order valence-corrected chi connectivity index (χ4v) is 1.65. The Hall–Kier alpha value is -2.37. The highest BCUT2D eigenvalue weighted by Crippen LogP contribution is 2.13. The van der Waals surface area contributed by atoms with Gasteiger partial charge in [0, 0.05) is 12.4 Å². The summed E-state index contributed by atoms with van der Waals surface area (Å²) in [4.78, 5) is 15.4. The van der Waals surface area contributed by atoms with Crippen LogP contribution in [0.15, 0.2) is 30.7 Å². The van der Waals surface area contributed by atoms with E-state index >= 15 is 0 Å². The molecule has 1 atom stereocenters. The molecule has 2 heterocycles. The summed E-state index contributed by atoms with van der Waals surface area (Å²) in [6.07, 6.45) is 4.93. The van der Waals surface area contributed by atoms with Gasteiger partial charge in [-0.15, -0.1) is 0 Å². The number of amides is 1. The number of hydrogen-bond acceptors (Lipinski definition) is 4. The van der Waals surface area contributed by atoms with Crippen LogP contribution in [0.4, 0.5) is 4.79 Å². The normalized spacial score (nSPS) is 11.9. The van der Waals surface area contributed by atoms with Crippen molar-refractivity contribution in [2.75, 3.05) is 7.11 Å². The standard InChI is InChI=1S/C13H16N4O2/c1-9-6-15-17(8-9)12-5-4-11(7-14-12)10(2)16-13(18)19-3/h4-8,10H,1-3H3,(H,16,18)/t10-/m0/s1. The molecule has 2 rings (SSSR count). The van der Waals surface area contributed by atoms with Crippen molar-refractivity contribution in [3.8, 4) is 5.82 Å². The first-order chi connectivity index (χ1) is 9.10. The minimum absolute atomic E-state index is 0.159. The average molecular weight is 260 g/mol. The third kappa shape index (κ3) is 3.09. The molecule has 0 saturated carbocycles. The lowest BCUT2D eigenvalue weighted by Gasteiger charge is -2.13. The van der Waals surface area contributed by atoms with E-state index in [-0.39, 0.29) is 6.04 Å². The van der Waals surface area contributed by atoms with Crippen molar-refractivity contribution in [3.63, 3.8) is 0 Å². The van der Waals surface area contributed by atoms with E-state index in [4.69, 9.17) is 0 Å². The van der Waals surface area contributed by atoms with Gasteiger partial charge in [0.05, 0.1) is 19.3 Å². The van der Waals surface area contributed by atoms with E-state index in [1.165, 1.54) is 7.11 Å². The predicted molar refractivity (Wildman–Crippen MR) is 70.1 cm³/mol. The van der Waals surface area contributed by atoms with Gasteiger partial charge in [-0.25, -0.2) is 14.5 Å². The number of pyridine rings is 1. The third-order valence-electron chi connectivity index (χ3n) is 2.74. The minimum atomic E-state index is -0.459. The first kappa shape index (κ1) is 13.1. The Bertz CT molecular complexity index is 562. The van der Waals surface area contributed by atoms with Gasteiger partial charge >= 0.3 is 6.09 Å². The number of aromatic nitrogens is 3. The van der Waals surface area contributed by atoms with E-state index in [1.807, 2.05) is 32.2 Å². The van der Waals surface area contributed by atoms with Crippen LogP contribution >= 0.6 is 0 Å². The van der Waals surface area contributed by atoms with Gasteiger partial charge in [0.25, 0.3) is 0 Å². The zero-order chi connectivity index (χ0) is 13.8. The molecular formula is C13H16N4O2. The summed E-state index contributed by atoms with van der Waals surface area (Å²) >= 11 is 0. The van der Waals surface area contributed by atoms with Crippen LogP contribution in [-0.2, 0) is 4.74 Å². The number of nitrogens with zero attached hydrogens (tertiary/aromatic N) is 3. The summed E-state index contributed by atoms with van der Waals surface area (Å²) in [5.41, 5.74) is 1.98. The molecule has 6 nitrogen and oxygen atoms in total. The Morgan fingerprint density at radius 2 is 2.21 bits per heavy atom. The molecule has 6 heteroatoms. The van der Waals surface area contributed by atoms with E-state index in [0.717, 1.165) is 16.9 Å². The highest BCUT2D eigenvalue weighted by atomic mass is 16.5. The average Bonchev–Trinajstić information content (AvgIpc) is 2.85. The number of nitrogens with one attached hydrogen (secondary N) is 1. The zero-order valence-corrected chi connectivity index (χ0v) is 11.1. The van der Waals surface area contributed by atoms with Crippen LogP contribution in [0.1, 0.15) is 24.1 Å². The molecule has 1 amide bonds. The van der Waals surface area contributed by atoms with E-state index in [9.17, 15) is 4.79 Å². The van der Waals surface area contributed by atoms with Gasteiger partial charge < -0.3 is 10.1 Å². The lowest BCUT2D eigenvalue weighted by atomic mass is 10.1. The van der Waals surface area contributed by atoms with Gasteiger partial charge in [-0.3, -0.25) is 0 Å². The summed E-state index contributed by atoms with van der Waals surface area (Å²) in [6, 6.07) is 3.60. The van der Waals surface area contributed by atoms with Gasteiger partial charge in [0.15, 0.2) is 5.82 Å². The Morgan fingerprint density at radius 3 is 2.74 bits per heavy atom. The molecule has 2 aromatic heterocycles. The lowest BCUT2D eigenvalue weighted by Crippen LogP contribution is -2.26. The number of ether oxygens (including phenoxy) is 1. The molecule has 0 radical (unpaired) electrons. The third-order valence-corrected chi connectivity index (χ3v) is 2.74. The monoisotopic (exact) mass is 260 g/mol. The highest BCUT2D eigenvalue weighted by Gasteiger charge is 2.10. The van der Waals surface area contributed by atoms with Crippen LogP contribution in [0.25, 0.3) is 5.82 Å². The first-order valence-corrected chi connectivity index (χ1v) is 5.92. The molecule has 1 N–H and O–H groups in total. The summed E-state index contributed by atoms with van der Waals surface area (Å²) in [7, 11) is 1.34. The molecule has 2 aromatic rings. The summed E-state index contributed by atoms with van der Waals surface area (Å²) in [6.45, 7) is 3.84. The van der Waals surface area contributed by atoms with Crippen molar-refractivity contribution in [3.05, 3.63) is 41.9 Å². The largest absolute Gasteiger partial charge is 0.453 e.